The summed E-state index contributed by atoms with van der Waals surface area (Å²) in [4.78, 5) is 0. The zero-order valence-corrected chi connectivity index (χ0v) is 10.5. The molecule has 1 N–H and O–H groups in total. The van der Waals surface area contributed by atoms with Crippen molar-refractivity contribution in [1.29, 1.82) is 5.26 Å². The van der Waals surface area contributed by atoms with Gasteiger partial charge >= 0.3 is 0 Å². The Labute approximate surface area is 114 Å². The molecular formula is C15H11F3N2. The zero-order chi connectivity index (χ0) is 14.5. The molecule has 0 saturated carbocycles. The van der Waals surface area contributed by atoms with Gasteiger partial charge in [-0.25, -0.2) is 13.2 Å². The van der Waals surface area contributed by atoms with Crippen molar-refractivity contribution < 1.29 is 13.2 Å². The van der Waals surface area contributed by atoms with Gasteiger partial charge in [-0.1, -0.05) is 0 Å². The topological polar surface area (TPSA) is 35.8 Å². The van der Waals surface area contributed by atoms with Gasteiger partial charge in [0.2, 0.25) is 0 Å². The van der Waals surface area contributed by atoms with E-state index < -0.39 is 17.5 Å². The average molecular weight is 276 g/mol. The van der Waals surface area contributed by atoms with Crippen LogP contribution in [-0.4, -0.2) is 0 Å². The maximum absolute atomic E-state index is 13.4. The summed E-state index contributed by atoms with van der Waals surface area (Å²) in [6.07, 6.45) is 0. The van der Waals surface area contributed by atoms with Crippen molar-refractivity contribution in [2.45, 2.75) is 13.1 Å². The van der Waals surface area contributed by atoms with Gasteiger partial charge in [-0.15, -0.1) is 0 Å². The van der Waals surface area contributed by atoms with E-state index in [1.165, 1.54) is 18.2 Å². The Bertz CT molecular complexity index is 663. The quantitative estimate of drug-likeness (QED) is 0.930. The molecular weight excluding hydrogens is 265 g/mol. The van der Waals surface area contributed by atoms with Gasteiger partial charge in [0.15, 0.2) is 0 Å². The monoisotopic (exact) mass is 276 g/mol. The van der Waals surface area contributed by atoms with Gasteiger partial charge in [0.1, 0.15) is 17.5 Å². The predicted octanol–water partition coefficient (Wildman–Crippen LogP) is 3.27. The highest BCUT2D eigenvalue weighted by molar-refractivity contribution is 5.37. The van der Waals surface area contributed by atoms with E-state index in [2.05, 4.69) is 5.32 Å². The fourth-order valence-electron chi connectivity index (χ4n) is 1.83. The van der Waals surface area contributed by atoms with Crippen molar-refractivity contribution in [3.05, 3.63) is 70.5 Å². The third kappa shape index (κ3) is 3.37. The maximum atomic E-state index is 13.4. The van der Waals surface area contributed by atoms with E-state index in [0.29, 0.717) is 11.1 Å². The minimum absolute atomic E-state index is 0.0883. The second-order valence-electron chi connectivity index (χ2n) is 4.25. The van der Waals surface area contributed by atoms with Crippen LogP contribution in [0, 0.1) is 28.8 Å². The molecule has 102 valence electrons. The van der Waals surface area contributed by atoms with Crippen molar-refractivity contribution in [1.82, 2.24) is 5.32 Å². The van der Waals surface area contributed by atoms with Crippen molar-refractivity contribution >= 4 is 0 Å². The number of nitrogens with zero attached hydrogens (tertiary/aromatic N) is 1. The second-order valence-corrected chi connectivity index (χ2v) is 4.25. The minimum Gasteiger partial charge on any atom is -0.308 e. The summed E-state index contributed by atoms with van der Waals surface area (Å²) in [6.45, 7) is 0.279. The summed E-state index contributed by atoms with van der Waals surface area (Å²) < 4.78 is 39.5. The fraction of sp³-hybridized carbons (Fsp3) is 0.133. The lowest BCUT2D eigenvalue weighted by atomic mass is 10.1. The lowest BCUT2D eigenvalue weighted by Gasteiger charge is -2.08. The van der Waals surface area contributed by atoms with Crippen LogP contribution in [-0.2, 0) is 13.1 Å². The van der Waals surface area contributed by atoms with Crippen LogP contribution in [0.2, 0.25) is 0 Å². The molecule has 0 aliphatic carbocycles. The second kappa shape index (κ2) is 6.22. The normalized spacial score (nSPS) is 10.3. The molecule has 2 aromatic rings. The van der Waals surface area contributed by atoms with Gasteiger partial charge in [0, 0.05) is 18.7 Å². The van der Waals surface area contributed by atoms with Crippen molar-refractivity contribution in [3.8, 4) is 6.07 Å². The average Bonchev–Trinajstić information content (AvgIpc) is 2.43. The molecule has 0 fully saturated rings. The smallest absolute Gasteiger partial charge is 0.127 e. The van der Waals surface area contributed by atoms with Gasteiger partial charge in [-0.3, -0.25) is 0 Å². The summed E-state index contributed by atoms with van der Waals surface area (Å²) in [5, 5.41) is 11.8. The van der Waals surface area contributed by atoms with E-state index in [1.807, 2.05) is 6.07 Å². The minimum atomic E-state index is -0.522. The molecule has 0 amide bonds. The maximum Gasteiger partial charge on any atom is 0.127 e. The fourth-order valence-corrected chi connectivity index (χ4v) is 1.83. The molecule has 2 rings (SSSR count). The highest BCUT2D eigenvalue weighted by Crippen LogP contribution is 2.12. The van der Waals surface area contributed by atoms with E-state index in [0.717, 1.165) is 18.2 Å². The van der Waals surface area contributed by atoms with Crippen LogP contribution in [0.1, 0.15) is 16.7 Å². The SMILES string of the molecule is N#Cc1ccc(F)cc1CNCc1cc(F)ccc1F. The Morgan fingerprint density at radius 3 is 2.20 bits per heavy atom. The largest absolute Gasteiger partial charge is 0.308 e. The standard InChI is InChI=1S/C15H11F3N2/c16-13-2-1-10(7-19)11(5-13)8-20-9-12-6-14(17)3-4-15(12)18/h1-6,20H,8-9H2. The summed E-state index contributed by atoms with van der Waals surface area (Å²) >= 11 is 0. The molecule has 5 heteroatoms. The predicted molar refractivity (Wildman–Crippen MR) is 68.0 cm³/mol. The lowest BCUT2D eigenvalue weighted by molar-refractivity contribution is 0.567. The van der Waals surface area contributed by atoms with Crippen LogP contribution >= 0.6 is 0 Å². The zero-order valence-electron chi connectivity index (χ0n) is 10.5. The molecule has 0 unspecified atom stereocenters. The molecule has 0 bridgehead atoms. The van der Waals surface area contributed by atoms with E-state index >= 15 is 0 Å². The van der Waals surface area contributed by atoms with Crippen LogP contribution in [0.5, 0.6) is 0 Å². The van der Waals surface area contributed by atoms with Crippen molar-refractivity contribution in [2.75, 3.05) is 0 Å². The molecule has 0 atom stereocenters. The number of hydrogen-bond acceptors (Lipinski definition) is 2. The number of halogens is 3. The Morgan fingerprint density at radius 1 is 0.900 bits per heavy atom. The summed E-state index contributed by atoms with van der Waals surface area (Å²) in [5.74, 6) is -1.48. The van der Waals surface area contributed by atoms with Gasteiger partial charge in [0.25, 0.3) is 0 Å². The first-order valence-electron chi connectivity index (χ1n) is 5.93. The number of hydrogen-bond donors (Lipinski definition) is 1. The number of rotatable bonds is 4. The summed E-state index contributed by atoms with van der Waals surface area (Å²) in [7, 11) is 0. The van der Waals surface area contributed by atoms with E-state index in [4.69, 9.17) is 5.26 Å². The molecule has 20 heavy (non-hydrogen) atoms. The van der Waals surface area contributed by atoms with Crippen LogP contribution in [0.4, 0.5) is 13.2 Å². The van der Waals surface area contributed by atoms with E-state index in [1.54, 1.807) is 0 Å². The van der Waals surface area contributed by atoms with Gasteiger partial charge < -0.3 is 5.32 Å². The van der Waals surface area contributed by atoms with Gasteiger partial charge in [-0.2, -0.15) is 5.26 Å². The highest BCUT2D eigenvalue weighted by Gasteiger charge is 2.06. The molecule has 0 aliphatic rings. The summed E-state index contributed by atoms with van der Waals surface area (Å²) in [6, 6.07) is 8.97. The van der Waals surface area contributed by atoms with Gasteiger partial charge in [0.05, 0.1) is 11.6 Å². The number of nitriles is 1. The third-order valence-corrected chi connectivity index (χ3v) is 2.83. The van der Waals surface area contributed by atoms with Crippen molar-refractivity contribution in [3.63, 3.8) is 0 Å². The Kier molecular flexibility index (Phi) is 4.38. The van der Waals surface area contributed by atoms with Gasteiger partial charge in [-0.05, 0) is 42.0 Å². The molecule has 0 spiro atoms. The number of benzene rings is 2. The Balaban J connectivity index is 2.05. The van der Waals surface area contributed by atoms with Crippen LogP contribution in [0.15, 0.2) is 36.4 Å². The first-order chi connectivity index (χ1) is 9.60. The highest BCUT2D eigenvalue weighted by atomic mass is 19.1. The van der Waals surface area contributed by atoms with Crippen LogP contribution < -0.4 is 5.32 Å². The van der Waals surface area contributed by atoms with E-state index in [-0.39, 0.29) is 18.7 Å². The van der Waals surface area contributed by atoms with Crippen LogP contribution in [0.25, 0.3) is 0 Å². The van der Waals surface area contributed by atoms with E-state index in [9.17, 15) is 13.2 Å². The molecule has 0 aromatic heterocycles. The molecule has 0 saturated heterocycles. The summed E-state index contributed by atoms with van der Waals surface area (Å²) in [5.41, 5.74) is 1.00. The van der Waals surface area contributed by atoms with Crippen molar-refractivity contribution in [2.24, 2.45) is 0 Å². The van der Waals surface area contributed by atoms with Crippen LogP contribution in [0.3, 0.4) is 0 Å². The molecule has 0 radical (unpaired) electrons. The molecule has 2 nitrogen and oxygen atoms in total. The molecule has 2 aromatic carbocycles. The Hall–Kier alpha value is -2.32. The number of nitrogens with one attached hydrogen (secondary N) is 1. The lowest BCUT2D eigenvalue weighted by Crippen LogP contribution is -2.15. The Morgan fingerprint density at radius 2 is 1.50 bits per heavy atom. The third-order valence-electron chi connectivity index (χ3n) is 2.83. The first-order valence-corrected chi connectivity index (χ1v) is 5.93. The first kappa shape index (κ1) is 14.1. The molecule has 0 aliphatic heterocycles. The molecule has 0 heterocycles.